The highest BCUT2D eigenvalue weighted by Gasteiger charge is 2.42. The maximum atomic E-state index is 13.3. The quantitative estimate of drug-likeness (QED) is 0.634. The number of hydrogen-bond donors (Lipinski definition) is 2. The number of alkyl halides is 3. The Kier molecular flexibility index (Phi) is 5.26. The van der Waals surface area contributed by atoms with E-state index in [-0.39, 0.29) is 11.3 Å². The highest BCUT2D eigenvalue weighted by molar-refractivity contribution is 5.92. The Morgan fingerprint density at radius 2 is 1.72 bits per heavy atom. The van der Waals surface area contributed by atoms with Crippen LogP contribution in [0.3, 0.4) is 0 Å². The van der Waals surface area contributed by atoms with Gasteiger partial charge >= 0.3 is 12.2 Å². The van der Waals surface area contributed by atoms with Gasteiger partial charge < -0.3 is 10.6 Å². The fraction of sp³-hybridized carbons (Fsp3) is 0.188. The van der Waals surface area contributed by atoms with Crippen molar-refractivity contribution in [2.45, 2.75) is 19.1 Å². The van der Waals surface area contributed by atoms with Gasteiger partial charge in [0.1, 0.15) is 5.69 Å². The Balaban J connectivity index is 2.21. The molecule has 0 spiro atoms. The Labute approximate surface area is 140 Å². The summed E-state index contributed by atoms with van der Waals surface area (Å²) in [5.74, 6) is 0. The van der Waals surface area contributed by atoms with E-state index in [2.05, 4.69) is 5.32 Å². The number of rotatable bonds is 4. The van der Waals surface area contributed by atoms with Gasteiger partial charge in [0.25, 0.3) is 5.69 Å². The normalized spacial score (nSPS) is 12.3. The SMILES string of the molecule is Cc1ccc([C@H](NC(=O)Nc2ccccc2[N+](=O)[O-])C(F)(F)F)cc1. The summed E-state index contributed by atoms with van der Waals surface area (Å²) in [4.78, 5) is 22.1. The number of nitrogens with one attached hydrogen (secondary N) is 2. The molecule has 2 aromatic carbocycles. The van der Waals surface area contributed by atoms with E-state index >= 15 is 0 Å². The van der Waals surface area contributed by atoms with E-state index in [0.29, 0.717) is 0 Å². The van der Waals surface area contributed by atoms with E-state index in [1.807, 2.05) is 5.32 Å². The second kappa shape index (κ2) is 7.20. The van der Waals surface area contributed by atoms with E-state index in [4.69, 9.17) is 0 Å². The fourth-order valence-electron chi connectivity index (χ4n) is 2.14. The first-order valence-corrected chi connectivity index (χ1v) is 7.12. The summed E-state index contributed by atoms with van der Waals surface area (Å²) < 4.78 is 39.8. The lowest BCUT2D eigenvalue weighted by molar-refractivity contribution is -0.383. The number of aryl methyl sites for hydroxylation is 1. The van der Waals surface area contributed by atoms with Crippen LogP contribution in [0.2, 0.25) is 0 Å². The smallest absolute Gasteiger partial charge is 0.322 e. The Hall–Kier alpha value is -3.10. The highest BCUT2D eigenvalue weighted by atomic mass is 19.4. The molecule has 0 saturated carbocycles. The van der Waals surface area contributed by atoms with Crippen molar-refractivity contribution in [1.29, 1.82) is 0 Å². The molecule has 2 aromatic rings. The highest BCUT2D eigenvalue weighted by Crippen LogP contribution is 2.33. The monoisotopic (exact) mass is 353 g/mol. The third-order valence-electron chi connectivity index (χ3n) is 3.36. The minimum Gasteiger partial charge on any atom is -0.322 e. The average molecular weight is 353 g/mol. The largest absolute Gasteiger partial charge is 0.412 e. The molecular formula is C16H14F3N3O3. The van der Waals surface area contributed by atoms with E-state index in [9.17, 15) is 28.1 Å². The second-order valence-electron chi connectivity index (χ2n) is 5.26. The van der Waals surface area contributed by atoms with Gasteiger partial charge in [-0.15, -0.1) is 0 Å². The van der Waals surface area contributed by atoms with Gasteiger partial charge in [-0.3, -0.25) is 10.1 Å². The van der Waals surface area contributed by atoms with Gasteiger partial charge in [-0.1, -0.05) is 42.0 Å². The van der Waals surface area contributed by atoms with Crippen LogP contribution >= 0.6 is 0 Å². The van der Waals surface area contributed by atoms with Crippen LogP contribution in [0.1, 0.15) is 17.2 Å². The molecule has 0 aromatic heterocycles. The molecule has 2 N–H and O–H groups in total. The molecule has 25 heavy (non-hydrogen) atoms. The average Bonchev–Trinajstić information content (AvgIpc) is 2.53. The number of nitro benzene ring substituents is 1. The van der Waals surface area contributed by atoms with Gasteiger partial charge in [0.2, 0.25) is 0 Å². The number of amides is 2. The molecule has 0 aliphatic rings. The minimum absolute atomic E-state index is 0.143. The number of carbonyl (C=O) groups excluding carboxylic acids is 1. The zero-order chi connectivity index (χ0) is 18.6. The number of para-hydroxylation sites is 2. The molecule has 0 saturated heterocycles. The van der Waals surface area contributed by atoms with Crippen LogP contribution in [-0.2, 0) is 0 Å². The molecule has 2 rings (SSSR count). The van der Waals surface area contributed by atoms with Crippen molar-refractivity contribution in [2.75, 3.05) is 5.32 Å². The molecule has 0 unspecified atom stereocenters. The van der Waals surface area contributed by atoms with Crippen molar-refractivity contribution >= 4 is 17.4 Å². The molecule has 0 aliphatic heterocycles. The summed E-state index contributed by atoms with van der Waals surface area (Å²) in [5, 5.41) is 14.8. The number of halogens is 3. The zero-order valence-corrected chi connectivity index (χ0v) is 13.0. The predicted octanol–water partition coefficient (Wildman–Crippen LogP) is 4.33. The molecule has 0 radical (unpaired) electrons. The number of nitro groups is 1. The third kappa shape index (κ3) is 4.69. The van der Waals surface area contributed by atoms with E-state index in [0.717, 1.165) is 11.6 Å². The molecule has 0 fully saturated rings. The van der Waals surface area contributed by atoms with Gasteiger partial charge in [0.05, 0.1) is 4.92 Å². The summed E-state index contributed by atoms with van der Waals surface area (Å²) in [5.41, 5.74) is 0.0104. The molecule has 1 atom stereocenters. The Morgan fingerprint density at radius 3 is 2.28 bits per heavy atom. The van der Waals surface area contributed by atoms with Crippen LogP contribution in [-0.4, -0.2) is 17.1 Å². The van der Waals surface area contributed by atoms with Gasteiger partial charge in [0, 0.05) is 6.07 Å². The summed E-state index contributed by atoms with van der Waals surface area (Å²) in [6, 6.07) is 7.25. The van der Waals surface area contributed by atoms with Crippen LogP contribution in [0.5, 0.6) is 0 Å². The maximum absolute atomic E-state index is 13.3. The first-order valence-electron chi connectivity index (χ1n) is 7.12. The third-order valence-corrected chi connectivity index (χ3v) is 3.36. The Bertz CT molecular complexity index is 776. The molecule has 6 nitrogen and oxygen atoms in total. The predicted molar refractivity (Wildman–Crippen MR) is 85.2 cm³/mol. The summed E-state index contributed by atoms with van der Waals surface area (Å²) >= 11 is 0. The van der Waals surface area contributed by atoms with E-state index in [1.54, 1.807) is 6.92 Å². The number of benzene rings is 2. The van der Waals surface area contributed by atoms with Crippen LogP contribution < -0.4 is 10.6 Å². The lowest BCUT2D eigenvalue weighted by Gasteiger charge is -2.22. The van der Waals surface area contributed by atoms with Crippen molar-refractivity contribution in [3.05, 3.63) is 69.8 Å². The minimum atomic E-state index is -4.73. The molecule has 2 amide bonds. The van der Waals surface area contributed by atoms with Gasteiger partial charge in [0.15, 0.2) is 6.04 Å². The van der Waals surface area contributed by atoms with Crippen molar-refractivity contribution in [3.63, 3.8) is 0 Å². The molecule has 9 heteroatoms. The molecular weight excluding hydrogens is 339 g/mol. The Morgan fingerprint density at radius 1 is 1.12 bits per heavy atom. The summed E-state index contributed by atoms with van der Waals surface area (Å²) in [7, 11) is 0. The number of hydrogen-bond acceptors (Lipinski definition) is 3. The van der Waals surface area contributed by atoms with Crippen molar-refractivity contribution in [2.24, 2.45) is 0 Å². The lowest BCUT2D eigenvalue weighted by atomic mass is 10.0. The fourth-order valence-corrected chi connectivity index (χ4v) is 2.14. The van der Waals surface area contributed by atoms with E-state index in [1.165, 1.54) is 42.5 Å². The standard InChI is InChI=1S/C16H14F3N3O3/c1-10-6-8-11(9-7-10)14(16(17,18)19)21-15(23)20-12-4-2-3-5-13(12)22(24)25/h2-9,14H,1H3,(H2,20,21,23)/t14-/m0/s1. The van der Waals surface area contributed by atoms with Crippen molar-refractivity contribution in [3.8, 4) is 0 Å². The lowest BCUT2D eigenvalue weighted by Crippen LogP contribution is -2.40. The second-order valence-corrected chi connectivity index (χ2v) is 5.26. The molecule has 0 aliphatic carbocycles. The molecule has 0 heterocycles. The number of anilines is 1. The van der Waals surface area contributed by atoms with Crippen LogP contribution in [0.4, 0.5) is 29.3 Å². The topological polar surface area (TPSA) is 84.3 Å². The maximum Gasteiger partial charge on any atom is 0.412 e. The van der Waals surface area contributed by atoms with Crippen LogP contribution in [0.25, 0.3) is 0 Å². The number of urea groups is 1. The van der Waals surface area contributed by atoms with Gasteiger partial charge in [-0.2, -0.15) is 13.2 Å². The number of carbonyl (C=O) groups is 1. The van der Waals surface area contributed by atoms with Crippen LogP contribution in [0, 0.1) is 17.0 Å². The first-order chi connectivity index (χ1) is 11.7. The van der Waals surface area contributed by atoms with Crippen molar-refractivity contribution in [1.82, 2.24) is 5.32 Å². The number of nitrogens with zero attached hydrogens (tertiary/aromatic N) is 1. The van der Waals surface area contributed by atoms with Crippen molar-refractivity contribution < 1.29 is 22.9 Å². The van der Waals surface area contributed by atoms with Gasteiger partial charge in [-0.25, -0.2) is 4.79 Å². The zero-order valence-electron chi connectivity index (χ0n) is 13.0. The first kappa shape index (κ1) is 18.2. The van der Waals surface area contributed by atoms with Crippen LogP contribution in [0.15, 0.2) is 48.5 Å². The van der Waals surface area contributed by atoms with Gasteiger partial charge in [-0.05, 0) is 18.6 Å². The molecule has 0 bridgehead atoms. The molecule has 132 valence electrons. The van der Waals surface area contributed by atoms with E-state index < -0.39 is 28.9 Å². The summed E-state index contributed by atoms with van der Waals surface area (Å²) in [6.07, 6.45) is -4.73. The summed E-state index contributed by atoms with van der Waals surface area (Å²) in [6.45, 7) is 1.72.